The molecule has 0 N–H and O–H groups in total. The van der Waals surface area contributed by atoms with E-state index < -0.39 is 0 Å². The van der Waals surface area contributed by atoms with Crippen LogP contribution in [0.2, 0.25) is 0 Å². The second-order valence-corrected chi connectivity index (χ2v) is 4.65. The van der Waals surface area contributed by atoms with Gasteiger partial charge in [0, 0.05) is 10.9 Å². The van der Waals surface area contributed by atoms with E-state index >= 15 is 0 Å². The average Bonchev–Trinajstić information content (AvgIpc) is 2.35. The van der Waals surface area contributed by atoms with Gasteiger partial charge in [0.25, 0.3) is 0 Å². The van der Waals surface area contributed by atoms with Gasteiger partial charge in [-0.05, 0) is 24.6 Å². The molecule has 1 heterocycles. The van der Waals surface area contributed by atoms with E-state index in [0.29, 0.717) is 13.0 Å². The predicted molar refractivity (Wildman–Crippen MR) is 64.5 cm³/mol. The molecule has 1 aromatic carbocycles. The van der Waals surface area contributed by atoms with Crippen LogP contribution in [0, 0.1) is 5.82 Å². The molecule has 0 aromatic heterocycles. The molecule has 1 aliphatic rings. The summed E-state index contributed by atoms with van der Waals surface area (Å²) in [4.78, 5) is 0. The van der Waals surface area contributed by atoms with Crippen LogP contribution in [0.25, 0.3) is 0 Å². The van der Waals surface area contributed by atoms with E-state index in [1.807, 2.05) is 0 Å². The fourth-order valence-corrected chi connectivity index (χ4v) is 1.90. The van der Waals surface area contributed by atoms with Crippen molar-refractivity contribution in [1.29, 1.82) is 0 Å². The molecule has 1 fully saturated rings. The molecular formula is C12H14BrFO3. The summed E-state index contributed by atoms with van der Waals surface area (Å²) in [6.07, 6.45) is 1.31. The summed E-state index contributed by atoms with van der Waals surface area (Å²) in [7, 11) is 0. The Labute approximate surface area is 108 Å². The van der Waals surface area contributed by atoms with E-state index in [1.54, 1.807) is 12.1 Å². The highest BCUT2D eigenvalue weighted by Gasteiger charge is 2.14. The second kappa shape index (κ2) is 6.33. The summed E-state index contributed by atoms with van der Waals surface area (Å²) in [5, 5.41) is 0. The Morgan fingerprint density at radius 1 is 1.35 bits per heavy atom. The molecule has 0 radical (unpaired) electrons. The summed E-state index contributed by atoms with van der Waals surface area (Å²) in [5.41, 5.74) is 0. The van der Waals surface area contributed by atoms with Gasteiger partial charge in [0.15, 0.2) is 17.9 Å². The van der Waals surface area contributed by atoms with Gasteiger partial charge in [-0.2, -0.15) is 0 Å². The smallest absolute Gasteiger partial charge is 0.165 e. The molecule has 94 valence electrons. The fourth-order valence-electron chi connectivity index (χ4n) is 1.56. The third-order valence-electron chi connectivity index (χ3n) is 2.40. The van der Waals surface area contributed by atoms with Crippen molar-refractivity contribution in [3.8, 4) is 5.75 Å². The Morgan fingerprint density at radius 2 is 2.12 bits per heavy atom. The molecule has 0 unspecified atom stereocenters. The largest absolute Gasteiger partial charge is 0.490 e. The van der Waals surface area contributed by atoms with Crippen LogP contribution < -0.4 is 4.74 Å². The minimum Gasteiger partial charge on any atom is -0.490 e. The SMILES string of the molecule is Fc1ccc(Br)cc1OCCC1OCCCO1. The zero-order valence-corrected chi connectivity index (χ0v) is 10.9. The van der Waals surface area contributed by atoms with Crippen LogP contribution in [0.1, 0.15) is 12.8 Å². The second-order valence-electron chi connectivity index (χ2n) is 3.74. The van der Waals surface area contributed by atoms with Crippen LogP contribution >= 0.6 is 15.9 Å². The van der Waals surface area contributed by atoms with Crippen molar-refractivity contribution in [2.75, 3.05) is 19.8 Å². The lowest BCUT2D eigenvalue weighted by molar-refractivity contribution is -0.183. The molecule has 0 amide bonds. The molecular weight excluding hydrogens is 291 g/mol. The van der Waals surface area contributed by atoms with E-state index in [9.17, 15) is 4.39 Å². The highest BCUT2D eigenvalue weighted by atomic mass is 79.9. The van der Waals surface area contributed by atoms with E-state index in [2.05, 4.69) is 15.9 Å². The first kappa shape index (κ1) is 12.8. The van der Waals surface area contributed by atoms with Gasteiger partial charge in [-0.15, -0.1) is 0 Å². The minimum atomic E-state index is -0.362. The van der Waals surface area contributed by atoms with E-state index in [-0.39, 0.29) is 17.9 Å². The molecule has 0 bridgehead atoms. The van der Waals surface area contributed by atoms with Crippen molar-refractivity contribution in [3.05, 3.63) is 28.5 Å². The Hall–Kier alpha value is -0.650. The maximum absolute atomic E-state index is 13.3. The molecule has 2 rings (SSSR count). The van der Waals surface area contributed by atoms with Crippen LogP contribution in [0.3, 0.4) is 0 Å². The third kappa shape index (κ3) is 3.94. The van der Waals surface area contributed by atoms with Gasteiger partial charge in [0.2, 0.25) is 0 Å². The van der Waals surface area contributed by atoms with Crippen LogP contribution in [0.5, 0.6) is 5.75 Å². The Bertz CT molecular complexity index is 367. The molecule has 1 aliphatic heterocycles. The Morgan fingerprint density at radius 3 is 2.88 bits per heavy atom. The Kier molecular flexibility index (Phi) is 4.76. The van der Waals surface area contributed by atoms with Crippen LogP contribution in [-0.4, -0.2) is 26.1 Å². The van der Waals surface area contributed by atoms with E-state index in [4.69, 9.17) is 14.2 Å². The normalized spacial score (nSPS) is 17.1. The van der Waals surface area contributed by atoms with Crippen LogP contribution in [0.4, 0.5) is 4.39 Å². The zero-order valence-electron chi connectivity index (χ0n) is 9.33. The monoisotopic (exact) mass is 304 g/mol. The summed E-state index contributed by atoms with van der Waals surface area (Å²) in [6.45, 7) is 1.81. The van der Waals surface area contributed by atoms with Crippen molar-refractivity contribution in [1.82, 2.24) is 0 Å². The topological polar surface area (TPSA) is 27.7 Å². The molecule has 0 aliphatic carbocycles. The summed E-state index contributed by atoms with van der Waals surface area (Å²) < 4.78 is 30.2. The summed E-state index contributed by atoms with van der Waals surface area (Å²) in [5.74, 6) is -0.117. The zero-order chi connectivity index (χ0) is 12.1. The van der Waals surface area contributed by atoms with Crippen LogP contribution in [0.15, 0.2) is 22.7 Å². The van der Waals surface area contributed by atoms with Gasteiger partial charge in [-0.3, -0.25) is 0 Å². The molecule has 0 saturated carbocycles. The lowest BCUT2D eigenvalue weighted by atomic mass is 10.3. The number of hydrogen-bond donors (Lipinski definition) is 0. The third-order valence-corrected chi connectivity index (χ3v) is 2.89. The highest BCUT2D eigenvalue weighted by molar-refractivity contribution is 9.10. The number of rotatable bonds is 4. The molecule has 0 spiro atoms. The van der Waals surface area contributed by atoms with Gasteiger partial charge >= 0.3 is 0 Å². The van der Waals surface area contributed by atoms with Crippen molar-refractivity contribution in [3.63, 3.8) is 0 Å². The summed E-state index contributed by atoms with van der Waals surface area (Å²) in [6, 6.07) is 4.61. The lowest BCUT2D eigenvalue weighted by Crippen LogP contribution is -2.26. The number of ether oxygens (including phenoxy) is 3. The molecule has 5 heteroatoms. The first-order chi connectivity index (χ1) is 8.25. The standard InChI is InChI=1S/C12H14BrFO3/c13-9-2-3-10(14)11(8-9)15-7-4-12-16-5-1-6-17-12/h2-3,8,12H,1,4-7H2. The lowest BCUT2D eigenvalue weighted by Gasteiger charge is -2.23. The maximum atomic E-state index is 13.3. The van der Waals surface area contributed by atoms with Gasteiger partial charge in [-0.25, -0.2) is 4.39 Å². The van der Waals surface area contributed by atoms with Crippen molar-refractivity contribution in [2.24, 2.45) is 0 Å². The number of halogens is 2. The van der Waals surface area contributed by atoms with Gasteiger partial charge in [0.1, 0.15) is 0 Å². The predicted octanol–water partition coefficient (Wildman–Crippen LogP) is 3.12. The molecule has 0 atom stereocenters. The number of benzene rings is 1. The van der Waals surface area contributed by atoms with Gasteiger partial charge in [0.05, 0.1) is 19.8 Å². The molecule has 1 aromatic rings. The van der Waals surface area contributed by atoms with Crippen molar-refractivity contribution >= 4 is 15.9 Å². The first-order valence-electron chi connectivity index (χ1n) is 5.57. The van der Waals surface area contributed by atoms with E-state index in [0.717, 1.165) is 24.1 Å². The van der Waals surface area contributed by atoms with Gasteiger partial charge in [-0.1, -0.05) is 15.9 Å². The first-order valence-corrected chi connectivity index (χ1v) is 6.36. The quantitative estimate of drug-likeness (QED) is 0.855. The Balaban J connectivity index is 1.79. The summed E-state index contributed by atoms with van der Waals surface area (Å²) >= 11 is 3.27. The van der Waals surface area contributed by atoms with Crippen LogP contribution in [-0.2, 0) is 9.47 Å². The highest BCUT2D eigenvalue weighted by Crippen LogP contribution is 2.22. The fraction of sp³-hybridized carbons (Fsp3) is 0.500. The maximum Gasteiger partial charge on any atom is 0.165 e. The van der Waals surface area contributed by atoms with E-state index in [1.165, 1.54) is 6.07 Å². The van der Waals surface area contributed by atoms with Crippen molar-refractivity contribution < 1.29 is 18.6 Å². The molecule has 3 nitrogen and oxygen atoms in total. The molecule has 1 saturated heterocycles. The molecule has 17 heavy (non-hydrogen) atoms. The average molecular weight is 305 g/mol. The van der Waals surface area contributed by atoms with Crippen molar-refractivity contribution in [2.45, 2.75) is 19.1 Å². The number of hydrogen-bond acceptors (Lipinski definition) is 3. The van der Waals surface area contributed by atoms with Gasteiger partial charge < -0.3 is 14.2 Å². The minimum absolute atomic E-state index is 0.223.